The van der Waals surface area contributed by atoms with Crippen molar-refractivity contribution in [3.63, 3.8) is 0 Å². The van der Waals surface area contributed by atoms with Crippen LogP contribution in [0.3, 0.4) is 0 Å². The molecule has 0 aromatic rings. The molecule has 1 aliphatic carbocycles. The minimum Gasteiger partial charge on any atom is -0.368 e. The van der Waals surface area contributed by atoms with Crippen molar-refractivity contribution in [2.75, 3.05) is 0 Å². The van der Waals surface area contributed by atoms with Crippen molar-refractivity contribution in [2.24, 2.45) is 5.92 Å². The summed E-state index contributed by atoms with van der Waals surface area (Å²) in [6.07, 6.45) is 5.68. The number of alkyl halides is 3. The number of hydrogen-bond acceptors (Lipinski definition) is 1. The lowest BCUT2D eigenvalue weighted by Crippen LogP contribution is -2.55. The standard InChI is InChI=1S/C15H25Br2ClO/c1-13(2)11(16)6-8-15(4,19-13)10-5-7-14(3,17)12(18)9-10/h10-12H,5-9H2,1-4H3/t10-,11+,12-,14+,15-/m0/s1. The first-order chi connectivity index (χ1) is 8.57. The van der Waals surface area contributed by atoms with Crippen molar-refractivity contribution in [1.82, 2.24) is 0 Å². The van der Waals surface area contributed by atoms with Crippen molar-refractivity contribution in [3.8, 4) is 0 Å². The normalized spacial score (nSPS) is 51.0. The van der Waals surface area contributed by atoms with Gasteiger partial charge in [-0.1, -0.05) is 31.9 Å². The van der Waals surface area contributed by atoms with Gasteiger partial charge in [0.15, 0.2) is 0 Å². The van der Waals surface area contributed by atoms with E-state index < -0.39 is 0 Å². The van der Waals surface area contributed by atoms with Gasteiger partial charge in [0.1, 0.15) is 0 Å². The zero-order valence-corrected chi connectivity index (χ0v) is 16.2. The molecule has 0 bridgehead atoms. The lowest BCUT2D eigenvalue weighted by Gasteiger charge is -2.52. The van der Waals surface area contributed by atoms with Crippen LogP contribution < -0.4 is 0 Å². The van der Waals surface area contributed by atoms with Crippen LogP contribution in [0.4, 0.5) is 0 Å². The van der Waals surface area contributed by atoms with Crippen LogP contribution in [0.2, 0.25) is 0 Å². The summed E-state index contributed by atoms with van der Waals surface area (Å²) >= 11 is 14.1. The van der Waals surface area contributed by atoms with Crippen LogP contribution in [-0.2, 0) is 4.74 Å². The molecule has 0 radical (unpaired) electrons. The summed E-state index contributed by atoms with van der Waals surface area (Å²) in [6.45, 7) is 8.89. The molecule has 1 aliphatic heterocycles. The summed E-state index contributed by atoms with van der Waals surface area (Å²) in [4.78, 5) is 0.449. The summed E-state index contributed by atoms with van der Waals surface area (Å²) in [5, 5.41) is 0.191. The monoisotopic (exact) mass is 414 g/mol. The highest BCUT2D eigenvalue weighted by molar-refractivity contribution is 9.10. The van der Waals surface area contributed by atoms with Crippen LogP contribution in [0.1, 0.15) is 59.8 Å². The maximum absolute atomic E-state index is 6.57. The molecule has 19 heavy (non-hydrogen) atoms. The molecule has 0 aromatic carbocycles. The summed E-state index contributed by atoms with van der Waals surface area (Å²) in [6, 6.07) is 0. The van der Waals surface area contributed by atoms with Crippen LogP contribution in [0.25, 0.3) is 0 Å². The first-order valence-corrected chi connectivity index (χ1v) is 9.38. The van der Waals surface area contributed by atoms with Crippen LogP contribution in [0.15, 0.2) is 0 Å². The molecule has 2 rings (SSSR count). The van der Waals surface area contributed by atoms with Crippen molar-refractivity contribution >= 4 is 43.5 Å². The average Bonchev–Trinajstić information content (AvgIpc) is 2.27. The molecule has 2 aliphatic rings. The number of halogens is 3. The van der Waals surface area contributed by atoms with E-state index in [9.17, 15) is 0 Å². The van der Waals surface area contributed by atoms with E-state index in [4.69, 9.17) is 16.3 Å². The van der Waals surface area contributed by atoms with Gasteiger partial charge in [-0.05, 0) is 65.7 Å². The first-order valence-electron chi connectivity index (χ1n) is 7.24. The highest BCUT2D eigenvalue weighted by Crippen LogP contribution is 2.50. The Labute approximate surface area is 139 Å². The molecule has 1 heterocycles. The fraction of sp³-hybridized carbons (Fsp3) is 1.00. The van der Waals surface area contributed by atoms with Gasteiger partial charge in [-0.2, -0.15) is 0 Å². The number of ether oxygens (including phenoxy) is 1. The van der Waals surface area contributed by atoms with E-state index in [-0.39, 0.29) is 20.9 Å². The predicted molar refractivity (Wildman–Crippen MR) is 89.8 cm³/mol. The smallest absolute Gasteiger partial charge is 0.0758 e. The van der Waals surface area contributed by atoms with Gasteiger partial charge in [0.05, 0.1) is 11.2 Å². The Morgan fingerprint density at radius 3 is 2.26 bits per heavy atom. The van der Waals surface area contributed by atoms with Crippen LogP contribution in [0, 0.1) is 5.92 Å². The maximum atomic E-state index is 6.57. The van der Waals surface area contributed by atoms with Crippen LogP contribution in [0.5, 0.6) is 0 Å². The van der Waals surface area contributed by atoms with Gasteiger partial charge >= 0.3 is 0 Å². The number of hydrogen-bond donors (Lipinski definition) is 0. The Morgan fingerprint density at radius 1 is 1.11 bits per heavy atom. The van der Waals surface area contributed by atoms with E-state index in [1.807, 2.05) is 0 Å². The second kappa shape index (κ2) is 5.44. The van der Waals surface area contributed by atoms with E-state index in [0.717, 1.165) is 19.3 Å². The lowest BCUT2D eigenvalue weighted by molar-refractivity contribution is -0.190. The molecule has 0 amide bonds. The largest absolute Gasteiger partial charge is 0.368 e. The molecule has 0 spiro atoms. The predicted octanol–water partition coefficient (Wildman–Crippen LogP) is 5.66. The van der Waals surface area contributed by atoms with Gasteiger partial charge < -0.3 is 4.74 Å². The Bertz CT molecular complexity index is 345. The molecular weight excluding hydrogens is 391 g/mol. The molecule has 1 saturated heterocycles. The van der Waals surface area contributed by atoms with Crippen molar-refractivity contribution < 1.29 is 4.74 Å². The van der Waals surface area contributed by atoms with Gasteiger partial charge in [-0.25, -0.2) is 0 Å². The SMILES string of the molecule is CC1(C)O[C@](C)([C@H]2CC[C@@](C)(Br)[C@@H](Cl)C2)CC[C@H]1Br. The van der Waals surface area contributed by atoms with Gasteiger partial charge in [0, 0.05) is 14.5 Å². The zero-order chi connectivity index (χ0) is 14.5. The minimum absolute atomic E-state index is 0.0234. The molecule has 2 fully saturated rings. The Hall–Kier alpha value is 1.21. The van der Waals surface area contributed by atoms with Gasteiger partial charge in [0.2, 0.25) is 0 Å². The molecule has 1 nitrogen and oxygen atoms in total. The quantitative estimate of drug-likeness (QED) is 0.501. The fourth-order valence-electron chi connectivity index (χ4n) is 3.55. The van der Waals surface area contributed by atoms with E-state index in [1.165, 1.54) is 12.8 Å². The Kier molecular flexibility index (Phi) is 4.75. The van der Waals surface area contributed by atoms with Crippen LogP contribution >= 0.6 is 43.5 Å². The second-order valence-corrected chi connectivity index (χ2v) is 10.7. The summed E-state index contributed by atoms with van der Waals surface area (Å²) in [7, 11) is 0. The molecule has 5 atom stereocenters. The van der Waals surface area contributed by atoms with Crippen LogP contribution in [-0.4, -0.2) is 25.7 Å². The van der Waals surface area contributed by atoms with Gasteiger partial charge in [-0.15, -0.1) is 11.6 Å². The Balaban J connectivity index is 2.10. The summed E-state index contributed by atoms with van der Waals surface area (Å²) in [5.41, 5.74) is -0.117. The van der Waals surface area contributed by atoms with E-state index >= 15 is 0 Å². The molecule has 0 N–H and O–H groups in total. The highest BCUT2D eigenvalue weighted by atomic mass is 79.9. The van der Waals surface area contributed by atoms with E-state index in [2.05, 4.69) is 59.6 Å². The fourth-order valence-corrected chi connectivity index (χ4v) is 4.61. The minimum atomic E-state index is -0.0933. The molecule has 4 heteroatoms. The zero-order valence-electron chi connectivity index (χ0n) is 12.3. The third kappa shape index (κ3) is 3.35. The van der Waals surface area contributed by atoms with Gasteiger partial charge in [-0.3, -0.25) is 0 Å². The average molecular weight is 417 g/mol. The molecule has 1 saturated carbocycles. The van der Waals surface area contributed by atoms with Crippen molar-refractivity contribution in [3.05, 3.63) is 0 Å². The Morgan fingerprint density at radius 2 is 1.74 bits per heavy atom. The topological polar surface area (TPSA) is 9.23 Å². The summed E-state index contributed by atoms with van der Waals surface area (Å²) < 4.78 is 6.60. The molecule has 0 unspecified atom stereocenters. The van der Waals surface area contributed by atoms with Gasteiger partial charge in [0.25, 0.3) is 0 Å². The highest BCUT2D eigenvalue weighted by Gasteiger charge is 2.50. The lowest BCUT2D eigenvalue weighted by atomic mass is 9.70. The third-order valence-corrected chi connectivity index (χ3v) is 8.57. The van der Waals surface area contributed by atoms with Crippen molar-refractivity contribution in [2.45, 2.75) is 85.5 Å². The summed E-state index contributed by atoms with van der Waals surface area (Å²) in [5.74, 6) is 0.569. The third-order valence-electron chi connectivity index (χ3n) is 5.13. The first kappa shape index (κ1) is 16.6. The van der Waals surface area contributed by atoms with E-state index in [1.54, 1.807) is 0 Å². The molecule has 0 aromatic heterocycles. The maximum Gasteiger partial charge on any atom is 0.0758 e. The molecular formula is C15H25Br2ClO. The number of rotatable bonds is 1. The second-order valence-electron chi connectivity index (χ2n) is 7.24. The van der Waals surface area contributed by atoms with E-state index in [0.29, 0.717) is 10.7 Å². The van der Waals surface area contributed by atoms with Crippen molar-refractivity contribution in [1.29, 1.82) is 0 Å². The molecule has 112 valence electrons.